The van der Waals surface area contributed by atoms with Gasteiger partial charge < -0.3 is 15.4 Å². The number of esters is 1. The van der Waals surface area contributed by atoms with E-state index in [0.717, 1.165) is 44.3 Å². The summed E-state index contributed by atoms with van der Waals surface area (Å²) >= 11 is 0. The first-order chi connectivity index (χ1) is 10.6. The summed E-state index contributed by atoms with van der Waals surface area (Å²) in [4.78, 5) is 25.9. The SMILES string of the molecule is Cc1ccc(C(=O)OCC(=O)N2CCCCCCC2)cc1N. The number of carbonyl (C=O) groups excluding carboxylic acids is 2. The van der Waals surface area contributed by atoms with E-state index in [1.807, 2.05) is 6.92 Å². The molecule has 5 nitrogen and oxygen atoms in total. The fraction of sp³-hybridized carbons (Fsp3) is 0.529. The van der Waals surface area contributed by atoms with Crippen LogP contribution in [0.2, 0.25) is 0 Å². The Labute approximate surface area is 131 Å². The van der Waals surface area contributed by atoms with Crippen molar-refractivity contribution in [2.45, 2.75) is 39.0 Å². The lowest BCUT2D eigenvalue weighted by molar-refractivity contribution is -0.134. The number of hydrogen-bond donors (Lipinski definition) is 1. The van der Waals surface area contributed by atoms with Gasteiger partial charge >= 0.3 is 5.97 Å². The number of anilines is 1. The molecule has 0 saturated carbocycles. The summed E-state index contributed by atoms with van der Waals surface area (Å²) in [5.41, 5.74) is 7.62. The molecule has 0 bridgehead atoms. The van der Waals surface area contributed by atoms with Crippen LogP contribution in [0.15, 0.2) is 18.2 Å². The third-order valence-corrected chi connectivity index (χ3v) is 4.05. The summed E-state index contributed by atoms with van der Waals surface area (Å²) in [7, 11) is 0. The second-order valence-electron chi connectivity index (χ2n) is 5.80. The van der Waals surface area contributed by atoms with Crippen LogP contribution in [0.1, 0.15) is 48.0 Å². The summed E-state index contributed by atoms with van der Waals surface area (Å²) in [6.07, 6.45) is 5.60. The average molecular weight is 304 g/mol. The Morgan fingerprint density at radius 3 is 2.41 bits per heavy atom. The number of ether oxygens (including phenoxy) is 1. The fourth-order valence-electron chi connectivity index (χ4n) is 2.57. The molecule has 0 unspecified atom stereocenters. The smallest absolute Gasteiger partial charge is 0.338 e. The number of rotatable bonds is 3. The molecule has 1 heterocycles. The van der Waals surface area contributed by atoms with E-state index in [1.165, 1.54) is 6.42 Å². The molecule has 1 aromatic carbocycles. The molecule has 0 aliphatic carbocycles. The Kier molecular flexibility index (Phi) is 5.81. The monoisotopic (exact) mass is 304 g/mol. The minimum absolute atomic E-state index is 0.115. The van der Waals surface area contributed by atoms with E-state index < -0.39 is 5.97 Å². The van der Waals surface area contributed by atoms with Crippen molar-refractivity contribution < 1.29 is 14.3 Å². The molecule has 22 heavy (non-hydrogen) atoms. The Morgan fingerprint density at radius 2 is 1.77 bits per heavy atom. The second-order valence-corrected chi connectivity index (χ2v) is 5.80. The first-order valence-corrected chi connectivity index (χ1v) is 7.89. The van der Waals surface area contributed by atoms with Crippen LogP contribution < -0.4 is 5.73 Å². The molecule has 0 aromatic heterocycles. The van der Waals surface area contributed by atoms with Crippen LogP contribution >= 0.6 is 0 Å². The normalized spacial score (nSPS) is 15.8. The Hall–Kier alpha value is -2.04. The molecule has 1 aliphatic heterocycles. The van der Waals surface area contributed by atoms with Crippen LogP contribution in [0.3, 0.4) is 0 Å². The van der Waals surface area contributed by atoms with Gasteiger partial charge in [0, 0.05) is 18.8 Å². The minimum atomic E-state index is -0.507. The van der Waals surface area contributed by atoms with Crippen LogP contribution in [-0.2, 0) is 9.53 Å². The zero-order chi connectivity index (χ0) is 15.9. The van der Waals surface area contributed by atoms with Gasteiger partial charge in [-0.1, -0.05) is 25.3 Å². The predicted octanol–water partition coefficient (Wildman–Crippen LogP) is 2.53. The summed E-state index contributed by atoms with van der Waals surface area (Å²) < 4.78 is 5.12. The highest BCUT2D eigenvalue weighted by Gasteiger charge is 2.17. The van der Waals surface area contributed by atoms with E-state index in [4.69, 9.17) is 10.5 Å². The van der Waals surface area contributed by atoms with Crippen LogP contribution in [0.5, 0.6) is 0 Å². The molecule has 1 aromatic rings. The van der Waals surface area contributed by atoms with Crippen molar-refractivity contribution >= 4 is 17.6 Å². The van der Waals surface area contributed by atoms with Crippen LogP contribution in [0.25, 0.3) is 0 Å². The van der Waals surface area contributed by atoms with Crippen molar-refractivity contribution in [3.63, 3.8) is 0 Å². The van der Waals surface area contributed by atoms with Gasteiger partial charge in [0.2, 0.25) is 0 Å². The average Bonchev–Trinajstić information content (AvgIpc) is 2.47. The number of aryl methyl sites for hydroxylation is 1. The van der Waals surface area contributed by atoms with Gasteiger partial charge in [0.25, 0.3) is 5.91 Å². The van der Waals surface area contributed by atoms with Gasteiger partial charge in [-0.15, -0.1) is 0 Å². The minimum Gasteiger partial charge on any atom is -0.452 e. The number of nitrogens with zero attached hydrogens (tertiary/aromatic N) is 1. The van der Waals surface area contributed by atoms with E-state index >= 15 is 0 Å². The zero-order valence-corrected chi connectivity index (χ0v) is 13.1. The highest BCUT2D eigenvalue weighted by atomic mass is 16.5. The molecule has 1 saturated heterocycles. The molecule has 120 valence electrons. The van der Waals surface area contributed by atoms with Crippen LogP contribution in [-0.4, -0.2) is 36.5 Å². The van der Waals surface area contributed by atoms with Gasteiger partial charge in [-0.05, 0) is 37.5 Å². The highest BCUT2D eigenvalue weighted by molar-refractivity contribution is 5.92. The zero-order valence-electron chi connectivity index (χ0n) is 13.1. The maximum Gasteiger partial charge on any atom is 0.338 e. The Bertz CT molecular complexity index is 535. The van der Waals surface area contributed by atoms with Gasteiger partial charge in [0.1, 0.15) is 0 Å². The number of amides is 1. The maximum absolute atomic E-state index is 12.1. The number of carbonyl (C=O) groups is 2. The van der Waals surface area contributed by atoms with Crippen molar-refractivity contribution in [2.24, 2.45) is 0 Å². The summed E-state index contributed by atoms with van der Waals surface area (Å²) in [6, 6.07) is 5.01. The lowest BCUT2D eigenvalue weighted by atomic mass is 10.1. The molecule has 0 spiro atoms. The van der Waals surface area contributed by atoms with Crippen LogP contribution in [0.4, 0.5) is 5.69 Å². The van der Waals surface area contributed by atoms with Gasteiger partial charge in [0.05, 0.1) is 5.56 Å². The van der Waals surface area contributed by atoms with Crippen LogP contribution in [0, 0.1) is 6.92 Å². The van der Waals surface area contributed by atoms with E-state index in [-0.39, 0.29) is 12.5 Å². The summed E-state index contributed by atoms with van der Waals surface area (Å²) in [5, 5.41) is 0. The Balaban J connectivity index is 1.86. The third-order valence-electron chi connectivity index (χ3n) is 4.05. The van der Waals surface area contributed by atoms with E-state index in [0.29, 0.717) is 11.3 Å². The number of likely N-dealkylation sites (tertiary alicyclic amines) is 1. The standard InChI is InChI=1S/C17H24N2O3/c1-13-7-8-14(11-15(13)18)17(21)22-12-16(20)19-9-5-3-2-4-6-10-19/h7-8,11H,2-6,9-10,12,18H2,1H3. The van der Waals surface area contributed by atoms with Gasteiger partial charge in [-0.25, -0.2) is 4.79 Å². The maximum atomic E-state index is 12.1. The number of benzene rings is 1. The topological polar surface area (TPSA) is 72.6 Å². The molecule has 2 rings (SSSR count). The molecule has 2 N–H and O–H groups in total. The third kappa shape index (κ3) is 4.48. The van der Waals surface area contributed by atoms with E-state index in [1.54, 1.807) is 23.1 Å². The Morgan fingerprint density at radius 1 is 1.14 bits per heavy atom. The fourth-order valence-corrected chi connectivity index (χ4v) is 2.57. The first kappa shape index (κ1) is 16.3. The second kappa shape index (κ2) is 7.82. The highest BCUT2D eigenvalue weighted by Crippen LogP contribution is 2.14. The van der Waals surface area contributed by atoms with Gasteiger partial charge in [-0.3, -0.25) is 4.79 Å². The van der Waals surface area contributed by atoms with E-state index in [9.17, 15) is 9.59 Å². The van der Waals surface area contributed by atoms with Crippen molar-refractivity contribution in [3.05, 3.63) is 29.3 Å². The van der Waals surface area contributed by atoms with Crippen molar-refractivity contribution in [2.75, 3.05) is 25.4 Å². The largest absolute Gasteiger partial charge is 0.452 e. The number of nitrogens with two attached hydrogens (primary N) is 1. The van der Waals surface area contributed by atoms with Crippen molar-refractivity contribution in [1.29, 1.82) is 0 Å². The molecule has 0 atom stereocenters. The van der Waals surface area contributed by atoms with Crippen molar-refractivity contribution in [3.8, 4) is 0 Å². The molecule has 5 heteroatoms. The quantitative estimate of drug-likeness (QED) is 0.688. The molecule has 1 aliphatic rings. The first-order valence-electron chi connectivity index (χ1n) is 7.89. The molecular formula is C17H24N2O3. The predicted molar refractivity (Wildman–Crippen MR) is 85.5 cm³/mol. The number of nitrogen functional groups attached to an aromatic ring is 1. The lowest BCUT2D eigenvalue weighted by Gasteiger charge is -2.24. The molecular weight excluding hydrogens is 280 g/mol. The molecule has 1 amide bonds. The van der Waals surface area contributed by atoms with Gasteiger partial charge in [-0.2, -0.15) is 0 Å². The van der Waals surface area contributed by atoms with E-state index in [2.05, 4.69) is 0 Å². The van der Waals surface area contributed by atoms with Gasteiger partial charge in [0.15, 0.2) is 6.61 Å². The summed E-state index contributed by atoms with van der Waals surface area (Å²) in [5.74, 6) is -0.623. The number of hydrogen-bond acceptors (Lipinski definition) is 4. The summed E-state index contributed by atoms with van der Waals surface area (Å²) in [6.45, 7) is 3.18. The molecule has 1 fully saturated rings. The van der Waals surface area contributed by atoms with Crippen molar-refractivity contribution in [1.82, 2.24) is 4.90 Å². The lowest BCUT2D eigenvalue weighted by Crippen LogP contribution is -2.36. The molecule has 0 radical (unpaired) electrons.